The summed E-state index contributed by atoms with van der Waals surface area (Å²) in [7, 11) is 0. The molecule has 1 aromatic rings. The highest BCUT2D eigenvalue weighted by molar-refractivity contribution is 9.10. The van der Waals surface area contributed by atoms with Crippen LogP contribution in [-0.4, -0.2) is 47.9 Å². The van der Waals surface area contributed by atoms with E-state index in [4.69, 9.17) is 0 Å². The molecule has 0 aliphatic carbocycles. The van der Waals surface area contributed by atoms with Crippen LogP contribution in [0.5, 0.6) is 0 Å². The van der Waals surface area contributed by atoms with Crippen molar-refractivity contribution in [2.45, 2.75) is 45.0 Å². The van der Waals surface area contributed by atoms with Crippen molar-refractivity contribution >= 4 is 27.7 Å². The van der Waals surface area contributed by atoms with Gasteiger partial charge in [-0.15, -0.1) is 0 Å². The lowest BCUT2D eigenvalue weighted by Crippen LogP contribution is -2.44. The van der Waals surface area contributed by atoms with E-state index in [9.17, 15) is 13.6 Å². The fourth-order valence-electron chi connectivity index (χ4n) is 3.67. The predicted molar refractivity (Wildman–Crippen MR) is 97.0 cm³/mol. The Hall–Kier alpha value is -1.24. The molecule has 0 bridgehead atoms. The number of aryl methyl sites for hydroxylation is 1. The van der Waals surface area contributed by atoms with Crippen molar-refractivity contribution in [3.05, 3.63) is 22.3 Å². The highest BCUT2D eigenvalue weighted by Crippen LogP contribution is 2.30. The number of nitrogens with zero attached hydrogens (tertiary/aromatic N) is 3. The van der Waals surface area contributed by atoms with Gasteiger partial charge in [0.15, 0.2) is 0 Å². The molecule has 0 unspecified atom stereocenters. The molecule has 2 saturated heterocycles. The molecule has 1 aromatic heterocycles. The average molecular weight is 416 g/mol. The first-order valence-corrected chi connectivity index (χ1v) is 9.66. The Morgan fingerprint density at radius 1 is 1.28 bits per heavy atom. The SMILES string of the molecule is Cc1cc(Br)cnc1N1CCC(CC(=O)N2CCC(F)(F)CC2)CC1. The van der Waals surface area contributed by atoms with Crippen molar-refractivity contribution in [3.8, 4) is 0 Å². The monoisotopic (exact) mass is 415 g/mol. The Labute approximate surface area is 155 Å². The molecular weight excluding hydrogens is 392 g/mol. The lowest BCUT2D eigenvalue weighted by Gasteiger charge is -2.36. The number of alkyl halides is 2. The third-order valence-corrected chi connectivity index (χ3v) is 5.68. The molecule has 0 aromatic carbocycles. The molecule has 2 fully saturated rings. The highest BCUT2D eigenvalue weighted by Gasteiger charge is 2.36. The second-order valence-corrected chi connectivity index (χ2v) is 8.08. The molecule has 138 valence electrons. The summed E-state index contributed by atoms with van der Waals surface area (Å²) in [6.07, 6.45) is 3.76. The van der Waals surface area contributed by atoms with Crippen LogP contribution in [0.2, 0.25) is 0 Å². The van der Waals surface area contributed by atoms with Gasteiger partial charge in [-0.1, -0.05) is 0 Å². The van der Waals surface area contributed by atoms with E-state index < -0.39 is 5.92 Å². The molecule has 0 saturated carbocycles. The predicted octanol–water partition coefficient (Wildman–Crippen LogP) is 4.02. The van der Waals surface area contributed by atoms with Crippen LogP contribution in [0.3, 0.4) is 0 Å². The Balaban J connectivity index is 1.48. The van der Waals surface area contributed by atoms with Gasteiger partial charge in [0, 0.05) is 56.1 Å². The quantitative estimate of drug-likeness (QED) is 0.747. The summed E-state index contributed by atoms with van der Waals surface area (Å²) in [5.74, 6) is -1.22. The molecule has 1 amide bonds. The third kappa shape index (κ3) is 4.68. The maximum Gasteiger partial charge on any atom is 0.251 e. The summed E-state index contributed by atoms with van der Waals surface area (Å²) in [6, 6.07) is 2.06. The lowest BCUT2D eigenvalue weighted by atomic mass is 9.92. The van der Waals surface area contributed by atoms with Gasteiger partial charge < -0.3 is 9.80 Å². The van der Waals surface area contributed by atoms with Crippen LogP contribution in [-0.2, 0) is 4.79 Å². The van der Waals surface area contributed by atoms with Gasteiger partial charge in [-0.3, -0.25) is 4.79 Å². The fraction of sp³-hybridized carbons (Fsp3) is 0.667. The molecule has 0 spiro atoms. The summed E-state index contributed by atoms with van der Waals surface area (Å²) < 4.78 is 27.4. The lowest BCUT2D eigenvalue weighted by molar-refractivity contribution is -0.138. The standard InChI is InChI=1S/C18H24BrF2N3O/c1-13-10-15(19)12-22-17(13)24-6-2-14(3-7-24)11-16(25)23-8-4-18(20,21)5-9-23/h10,12,14H,2-9,11H2,1H3. The van der Waals surface area contributed by atoms with Gasteiger partial charge in [-0.05, 0) is 53.2 Å². The van der Waals surface area contributed by atoms with E-state index in [1.54, 1.807) is 4.90 Å². The number of aromatic nitrogens is 1. The zero-order chi connectivity index (χ0) is 18.0. The second kappa shape index (κ2) is 7.56. The number of rotatable bonds is 3. The van der Waals surface area contributed by atoms with E-state index in [0.717, 1.165) is 41.8 Å². The smallest absolute Gasteiger partial charge is 0.251 e. The summed E-state index contributed by atoms with van der Waals surface area (Å²) in [5, 5.41) is 0. The van der Waals surface area contributed by atoms with Crippen LogP contribution >= 0.6 is 15.9 Å². The Kier molecular flexibility index (Phi) is 5.61. The van der Waals surface area contributed by atoms with E-state index in [1.807, 2.05) is 6.20 Å². The number of carbonyl (C=O) groups excluding carboxylic acids is 1. The summed E-state index contributed by atoms with van der Waals surface area (Å²) in [6.45, 7) is 4.19. The van der Waals surface area contributed by atoms with Crippen LogP contribution in [0.25, 0.3) is 0 Å². The minimum absolute atomic E-state index is 0.0342. The van der Waals surface area contributed by atoms with Gasteiger partial charge >= 0.3 is 0 Å². The van der Waals surface area contributed by atoms with Crippen molar-refractivity contribution in [2.24, 2.45) is 5.92 Å². The summed E-state index contributed by atoms with van der Waals surface area (Å²) in [5.41, 5.74) is 1.14. The van der Waals surface area contributed by atoms with E-state index >= 15 is 0 Å². The Morgan fingerprint density at radius 2 is 1.92 bits per heavy atom. The van der Waals surface area contributed by atoms with Crippen LogP contribution in [0.1, 0.15) is 37.7 Å². The number of hydrogen-bond acceptors (Lipinski definition) is 3. The first-order valence-electron chi connectivity index (χ1n) is 8.87. The first kappa shape index (κ1) is 18.5. The summed E-state index contributed by atoms with van der Waals surface area (Å²) in [4.78, 5) is 20.8. The van der Waals surface area contributed by atoms with Gasteiger partial charge in [-0.25, -0.2) is 13.8 Å². The number of hydrogen-bond donors (Lipinski definition) is 0. The van der Waals surface area contributed by atoms with E-state index in [0.29, 0.717) is 12.3 Å². The van der Waals surface area contributed by atoms with Crippen molar-refractivity contribution in [2.75, 3.05) is 31.1 Å². The zero-order valence-electron chi connectivity index (χ0n) is 14.5. The highest BCUT2D eigenvalue weighted by atomic mass is 79.9. The molecular formula is C18H24BrF2N3O. The summed E-state index contributed by atoms with van der Waals surface area (Å²) >= 11 is 3.43. The Bertz CT molecular complexity index is 623. The first-order chi connectivity index (χ1) is 11.8. The van der Waals surface area contributed by atoms with Gasteiger partial charge in [-0.2, -0.15) is 0 Å². The fourth-order valence-corrected chi connectivity index (χ4v) is 4.12. The molecule has 0 radical (unpaired) electrons. The van der Waals surface area contributed by atoms with E-state index in [2.05, 4.69) is 38.8 Å². The number of halogens is 3. The molecule has 0 atom stereocenters. The number of carbonyl (C=O) groups is 1. The van der Waals surface area contributed by atoms with Crippen molar-refractivity contribution in [1.29, 1.82) is 0 Å². The number of amides is 1. The number of piperidine rings is 2. The van der Waals surface area contributed by atoms with Crippen LogP contribution in [0, 0.1) is 12.8 Å². The van der Waals surface area contributed by atoms with Crippen LogP contribution in [0.15, 0.2) is 16.7 Å². The number of pyridine rings is 1. The average Bonchev–Trinajstić information content (AvgIpc) is 2.56. The number of anilines is 1. The molecule has 2 aliphatic heterocycles. The maximum absolute atomic E-state index is 13.2. The van der Waals surface area contributed by atoms with Crippen molar-refractivity contribution < 1.29 is 13.6 Å². The van der Waals surface area contributed by atoms with Gasteiger partial charge in [0.1, 0.15) is 5.82 Å². The zero-order valence-corrected chi connectivity index (χ0v) is 16.1. The van der Waals surface area contributed by atoms with Crippen LogP contribution in [0.4, 0.5) is 14.6 Å². The normalized spacial score (nSPS) is 21.4. The maximum atomic E-state index is 13.2. The van der Waals surface area contributed by atoms with E-state index in [-0.39, 0.29) is 31.8 Å². The number of likely N-dealkylation sites (tertiary alicyclic amines) is 1. The second-order valence-electron chi connectivity index (χ2n) is 7.17. The molecule has 25 heavy (non-hydrogen) atoms. The van der Waals surface area contributed by atoms with Crippen molar-refractivity contribution in [1.82, 2.24) is 9.88 Å². The van der Waals surface area contributed by atoms with Crippen molar-refractivity contribution in [3.63, 3.8) is 0 Å². The third-order valence-electron chi connectivity index (χ3n) is 5.24. The molecule has 3 rings (SSSR count). The minimum atomic E-state index is -2.60. The van der Waals surface area contributed by atoms with Gasteiger partial charge in [0.2, 0.25) is 5.91 Å². The van der Waals surface area contributed by atoms with Crippen LogP contribution < -0.4 is 4.90 Å². The molecule has 4 nitrogen and oxygen atoms in total. The molecule has 3 heterocycles. The molecule has 0 N–H and O–H groups in total. The van der Waals surface area contributed by atoms with Gasteiger partial charge in [0.05, 0.1) is 0 Å². The van der Waals surface area contributed by atoms with Gasteiger partial charge in [0.25, 0.3) is 5.92 Å². The topological polar surface area (TPSA) is 36.4 Å². The van der Waals surface area contributed by atoms with E-state index in [1.165, 1.54) is 0 Å². The Morgan fingerprint density at radius 3 is 2.52 bits per heavy atom. The largest absolute Gasteiger partial charge is 0.356 e. The molecule has 7 heteroatoms. The molecule has 2 aliphatic rings. The minimum Gasteiger partial charge on any atom is -0.356 e.